The Hall–Kier alpha value is -1.15. The molecule has 0 aliphatic carbocycles. The summed E-state index contributed by atoms with van der Waals surface area (Å²) in [6.07, 6.45) is 5.10. The van der Waals surface area contributed by atoms with Crippen molar-refractivity contribution in [2.24, 2.45) is 0 Å². The van der Waals surface area contributed by atoms with Crippen LogP contribution in [0.15, 0.2) is 18.2 Å². The number of benzene rings is 1. The van der Waals surface area contributed by atoms with E-state index in [9.17, 15) is 4.79 Å². The highest BCUT2D eigenvalue weighted by atomic mass is 16.1. The third-order valence-electron chi connectivity index (χ3n) is 3.75. The Kier molecular flexibility index (Phi) is 4.54. The lowest BCUT2D eigenvalue weighted by atomic mass is 10.0. The number of Topliss-reactive ketones (excluding diaryl/α,β-unsaturated/α-hetero) is 1. The Morgan fingerprint density at radius 3 is 2.39 bits per heavy atom. The standard InChI is InChI=1S/C16H23NO/c1-13-7-8-15(14(2)11-13)16(18)12-17-9-5-3-4-6-10-17/h7-8,11H,3-6,9-10,12H2,1-2H3. The largest absolute Gasteiger partial charge is 0.296 e. The van der Waals surface area contributed by atoms with Crippen LogP contribution in [0.25, 0.3) is 0 Å². The predicted octanol–water partition coefficient (Wildman–Crippen LogP) is 3.36. The summed E-state index contributed by atoms with van der Waals surface area (Å²) in [5.74, 6) is 0.273. The van der Waals surface area contributed by atoms with Gasteiger partial charge in [-0.25, -0.2) is 0 Å². The molecule has 0 aromatic heterocycles. The lowest BCUT2D eigenvalue weighted by molar-refractivity contribution is 0.0932. The third-order valence-corrected chi connectivity index (χ3v) is 3.75. The fourth-order valence-corrected chi connectivity index (χ4v) is 2.71. The molecule has 18 heavy (non-hydrogen) atoms. The first-order chi connectivity index (χ1) is 8.66. The summed E-state index contributed by atoms with van der Waals surface area (Å²) in [5, 5.41) is 0. The molecule has 1 saturated heterocycles. The van der Waals surface area contributed by atoms with Gasteiger partial charge in [-0.1, -0.05) is 36.6 Å². The minimum absolute atomic E-state index is 0.273. The number of rotatable bonds is 3. The molecule has 1 fully saturated rings. The number of carbonyl (C=O) groups is 1. The Labute approximate surface area is 110 Å². The Morgan fingerprint density at radius 2 is 1.78 bits per heavy atom. The summed E-state index contributed by atoms with van der Waals surface area (Å²) in [6, 6.07) is 6.10. The van der Waals surface area contributed by atoms with E-state index in [-0.39, 0.29) is 5.78 Å². The Morgan fingerprint density at radius 1 is 1.11 bits per heavy atom. The van der Waals surface area contributed by atoms with E-state index in [1.165, 1.54) is 31.2 Å². The van der Waals surface area contributed by atoms with Crippen molar-refractivity contribution in [2.45, 2.75) is 39.5 Å². The minimum Gasteiger partial charge on any atom is -0.296 e. The fourth-order valence-electron chi connectivity index (χ4n) is 2.71. The fraction of sp³-hybridized carbons (Fsp3) is 0.562. The quantitative estimate of drug-likeness (QED) is 0.761. The third kappa shape index (κ3) is 3.42. The molecule has 0 unspecified atom stereocenters. The van der Waals surface area contributed by atoms with Crippen molar-refractivity contribution in [3.8, 4) is 0 Å². The van der Waals surface area contributed by atoms with E-state index in [1.807, 2.05) is 19.1 Å². The average molecular weight is 245 g/mol. The summed E-state index contributed by atoms with van der Waals surface area (Å²) < 4.78 is 0. The van der Waals surface area contributed by atoms with Crippen molar-refractivity contribution in [3.05, 3.63) is 34.9 Å². The first-order valence-electron chi connectivity index (χ1n) is 6.99. The van der Waals surface area contributed by atoms with Gasteiger partial charge >= 0.3 is 0 Å². The van der Waals surface area contributed by atoms with E-state index in [0.29, 0.717) is 6.54 Å². The van der Waals surface area contributed by atoms with Crippen molar-refractivity contribution in [1.82, 2.24) is 4.90 Å². The summed E-state index contributed by atoms with van der Waals surface area (Å²) in [6.45, 7) is 6.84. The zero-order chi connectivity index (χ0) is 13.0. The predicted molar refractivity (Wildman–Crippen MR) is 75.2 cm³/mol. The molecule has 1 aliphatic rings. The van der Waals surface area contributed by atoms with Crippen LogP contribution in [-0.4, -0.2) is 30.3 Å². The summed E-state index contributed by atoms with van der Waals surface area (Å²) in [7, 11) is 0. The van der Waals surface area contributed by atoms with Crippen molar-refractivity contribution in [2.75, 3.05) is 19.6 Å². The maximum absolute atomic E-state index is 12.3. The molecule has 0 saturated carbocycles. The van der Waals surface area contributed by atoms with E-state index in [4.69, 9.17) is 0 Å². The minimum atomic E-state index is 0.273. The molecular weight excluding hydrogens is 222 g/mol. The maximum Gasteiger partial charge on any atom is 0.177 e. The number of hydrogen-bond donors (Lipinski definition) is 0. The normalized spacial score (nSPS) is 17.4. The second kappa shape index (κ2) is 6.14. The van der Waals surface area contributed by atoms with Crippen molar-refractivity contribution in [3.63, 3.8) is 0 Å². The van der Waals surface area contributed by atoms with Gasteiger partial charge in [-0.05, 0) is 45.3 Å². The van der Waals surface area contributed by atoms with Gasteiger partial charge < -0.3 is 0 Å². The zero-order valence-electron chi connectivity index (χ0n) is 11.5. The van der Waals surface area contributed by atoms with Crippen molar-refractivity contribution in [1.29, 1.82) is 0 Å². The van der Waals surface area contributed by atoms with Gasteiger partial charge in [-0.15, -0.1) is 0 Å². The summed E-state index contributed by atoms with van der Waals surface area (Å²) >= 11 is 0. The molecule has 1 heterocycles. The van der Waals surface area contributed by atoms with Crippen LogP contribution in [0.1, 0.15) is 47.2 Å². The molecule has 2 rings (SSSR count). The molecule has 2 nitrogen and oxygen atoms in total. The monoisotopic (exact) mass is 245 g/mol. The van der Waals surface area contributed by atoms with Gasteiger partial charge in [0.25, 0.3) is 0 Å². The number of ketones is 1. The average Bonchev–Trinajstić information content (AvgIpc) is 2.57. The SMILES string of the molecule is Cc1ccc(C(=O)CN2CCCCCC2)c(C)c1. The molecule has 0 bridgehead atoms. The molecule has 98 valence electrons. The smallest absolute Gasteiger partial charge is 0.177 e. The lowest BCUT2D eigenvalue weighted by Crippen LogP contribution is -2.31. The summed E-state index contributed by atoms with van der Waals surface area (Å²) in [5.41, 5.74) is 3.22. The van der Waals surface area contributed by atoms with Gasteiger partial charge in [0.1, 0.15) is 0 Å². The maximum atomic E-state index is 12.3. The van der Waals surface area contributed by atoms with Gasteiger partial charge in [-0.2, -0.15) is 0 Å². The first kappa shape index (κ1) is 13.3. The van der Waals surface area contributed by atoms with Crippen LogP contribution < -0.4 is 0 Å². The topological polar surface area (TPSA) is 20.3 Å². The van der Waals surface area contributed by atoms with Crippen LogP contribution >= 0.6 is 0 Å². The van der Waals surface area contributed by atoms with Crippen LogP contribution in [-0.2, 0) is 0 Å². The highest BCUT2D eigenvalue weighted by Crippen LogP contribution is 2.14. The number of carbonyl (C=O) groups excluding carboxylic acids is 1. The van der Waals surface area contributed by atoms with Crippen LogP contribution in [0, 0.1) is 13.8 Å². The lowest BCUT2D eigenvalue weighted by Gasteiger charge is -2.19. The Bertz CT molecular complexity index is 417. The molecule has 0 N–H and O–H groups in total. The molecular formula is C16H23NO. The van der Waals surface area contributed by atoms with Crippen LogP contribution in [0.5, 0.6) is 0 Å². The van der Waals surface area contributed by atoms with Crippen LogP contribution in [0.2, 0.25) is 0 Å². The second-order valence-corrected chi connectivity index (χ2v) is 5.43. The van der Waals surface area contributed by atoms with Gasteiger partial charge in [0.2, 0.25) is 0 Å². The van der Waals surface area contributed by atoms with E-state index in [1.54, 1.807) is 0 Å². The summed E-state index contributed by atoms with van der Waals surface area (Å²) in [4.78, 5) is 14.6. The molecule has 1 aliphatic heterocycles. The molecule has 0 amide bonds. The van der Waals surface area contributed by atoms with Crippen LogP contribution in [0.4, 0.5) is 0 Å². The van der Waals surface area contributed by atoms with Crippen LogP contribution in [0.3, 0.4) is 0 Å². The number of aryl methyl sites for hydroxylation is 2. The molecule has 0 spiro atoms. The van der Waals surface area contributed by atoms with E-state index in [2.05, 4.69) is 17.9 Å². The highest BCUT2D eigenvalue weighted by molar-refractivity contribution is 5.98. The van der Waals surface area contributed by atoms with E-state index in [0.717, 1.165) is 24.2 Å². The second-order valence-electron chi connectivity index (χ2n) is 5.43. The molecule has 1 aromatic rings. The molecule has 2 heteroatoms. The molecule has 0 radical (unpaired) electrons. The van der Waals surface area contributed by atoms with E-state index < -0.39 is 0 Å². The number of likely N-dealkylation sites (tertiary alicyclic amines) is 1. The number of nitrogens with zero attached hydrogens (tertiary/aromatic N) is 1. The molecule has 0 atom stereocenters. The van der Waals surface area contributed by atoms with E-state index >= 15 is 0 Å². The number of hydrogen-bond acceptors (Lipinski definition) is 2. The molecule has 1 aromatic carbocycles. The van der Waals surface area contributed by atoms with Gasteiger partial charge in [0.15, 0.2) is 5.78 Å². The van der Waals surface area contributed by atoms with Gasteiger partial charge in [0, 0.05) is 5.56 Å². The highest BCUT2D eigenvalue weighted by Gasteiger charge is 2.15. The van der Waals surface area contributed by atoms with Crippen molar-refractivity contribution < 1.29 is 4.79 Å². The first-order valence-corrected chi connectivity index (χ1v) is 6.99. The Balaban J connectivity index is 2.02. The zero-order valence-corrected chi connectivity index (χ0v) is 11.5. The van der Waals surface area contributed by atoms with Gasteiger partial charge in [0.05, 0.1) is 6.54 Å². The van der Waals surface area contributed by atoms with Gasteiger partial charge in [-0.3, -0.25) is 9.69 Å². The van der Waals surface area contributed by atoms with Crippen molar-refractivity contribution >= 4 is 5.78 Å².